The van der Waals surface area contributed by atoms with Crippen LogP contribution >= 0.6 is 22.7 Å². The van der Waals surface area contributed by atoms with E-state index >= 15 is 0 Å². The average Bonchev–Trinajstić information content (AvgIpc) is 2.65. The molecule has 0 amide bonds. The lowest BCUT2D eigenvalue weighted by molar-refractivity contribution is 1.48. The summed E-state index contributed by atoms with van der Waals surface area (Å²) < 4.78 is 2.16. The zero-order valence-corrected chi connectivity index (χ0v) is 8.65. The summed E-state index contributed by atoms with van der Waals surface area (Å²) in [5, 5.41) is 1.17. The van der Waals surface area contributed by atoms with Gasteiger partial charge in [-0.25, -0.2) is 9.97 Å². The maximum Gasteiger partial charge on any atom is 0.181 e. The first kappa shape index (κ1) is 7.95. The minimum absolute atomic E-state index is 0.583. The van der Waals surface area contributed by atoms with Crippen molar-refractivity contribution in [3.05, 3.63) is 12.1 Å². The van der Waals surface area contributed by atoms with Crippen LogP contribution in [-0.2, 0) is 0 Å². The Balaban J connectivity index is 2.58. The van der Waals surface area contributed by atoms with Gasteiger partial charge in [0, 0.05) is 0 Å². The van der Waals surface area contributed by atoms with Crippen molar-refractivity contribution in [1.29, 1.82) is 0 Å². The first-order valence-electron chi connectivity index (χ1n) is 3.95. The monoisotopic (exact) mass is 222 g/mol. The summed E-state index contributed by atoms with van der Waals surface area (Å²) >= 11 is 2.95. The van der Waals surface area contributed by atoms with Crippen LogP contribution in [0.4, 0.5) is 10.3 Å². The van der Waals surface area contributed by atoms with Gasteiger partial charge in [-0.15, -0.1) is 0 Å². The fraction of sp³-hybridized carbons (Fsp3) is 0. The van der Waals surface area contributed by atoms with E-state index in [2.05, 4.69) is 9.97 Å². The van der Waals surface area contributed by atoms with Crippen molar-refractivity contribution >= 4 is 53.4 Å². The number of nitrogen functional groups attached to an aromatic ring is 2. The van der Waals surface area contributed by atoms with Crippen LogP contribution in [-0.4, -0.2) is 9.97 Å². The maximum atomic E-state index is 5.65. The summed E-state index contributed by atoms with van der Waals surface area (Å²) in [4.78, 5) is 8.41. The number of hydrogen-bond acceptors (Lipinski definition) is 6. The SMILES string of the molecule is Nc1nc2ccc3nc(N)sc3c2s1. The second-order valence-electron chi connectivity index (χ2n) is 2.87. The van der Waals surface area contributed by atoms with E-state index in [4.69, 9.17) is 11.5 Å². The lowest BCUT2D eigenvalue weighted by Crippen LogP contribution is -1.79. The normalized spacial score (nSPS) is 11.4. The lowest BCUT2D eigenvalue weighted by Gasteiger charge is -1.86. The predicted molar refractivity (Wildman–Crippen MR) is 61.6 cm³/mol. The number of fused-ring (bicyclic) bond motifs is 3. The summed E-state index contributed by atoms with van der Waals surface area (Å²) in [5.74, 6) is 0. The van der Waals surface area contributed by atoms with Crippen molar-refractivity contribution in [2.45, 2.75) is 0 Å². The number of anilines is 2. The van der Waals surface area contributed by atoms with E-state index in [1.54, 1.807) is 0 Å². The minimum Gasteiger partial charge on any atom is -0.375 e. The summed E-state index contributed by atoms with van der Waals surface area (Å²) in [6.07, 6.45) is 0. The number of nitrogens with two attached hydrogens (primary N) is 2. The molecule has 0 fully saturated rings. The van der Waals surface area contributed by atoms with Crippen LogP contribution in [0.1, 0.15) is 0 Å². The van der Waals surface area contributed by atoms with Gasteiger partial charge in [-0.1, -0.05) is 22.7 Å². The zero-order chi connectivity index (χ0) is 9.71. The average molecular weight is 222 g/mol. The second kappa shape index (κ2) is 2.55. The highest BCUT2D eigenvalue weighted by atomic mass is 32.1. The minimum atomic E-state index is 0.583. The van der Waals surface area contributed by atoms with Crippen molar-refractivity contribution in [2.24, 2.45) is 0 Å². The zero-order valence-electron chi connectivity index (χ0n) is 7.02. The van der Waals surface area contributed by atoms with Crippen LogP contribution < -0.4 is 11.5 Å². The molecule has 0 atom stereocenters. The second-order valence-corrected chi connectivity index (χ2v) is 4.93. The fourth-order valence-corrected chi connectivity index (χ4v) is 3.19. The standard InChI is InChI=1S/C8H6N4S2/c9-7-11-3-1-2-4-6(5(3)13-7)14-8(10)12-4/h1-2H,(H2,9,11)(H2,10,12). The van der Waals surface area contributed by atoms with Gasteiger partial charge in [0.05, 0.1) is 20.4 Å². The molecule has 0 aliphatic carbocycles. The number of hydrogen-bond donors (Lipinski definition) is 2. The largest absolute Gasteiger partial charge is 0.375 e. The van der Waals surface area contributed by atoms with Crippen LogP contribution in [0.15, 0.2) is 12.1 Å². The lowest BCUT2D eigenvalue weighted by atomic mass is 10.3. The van der Waals surface area contributed by atoms with Gasteiger partial charge in [0.15, 0.2) is 10.3 Å². The van der Waals surface area contributed by atoms with Crippen molar-refractivity contribution < 1.29 is 0 Å². The first-order chi connectivity index (χ1) is 6.74. The Bertz CT molecular complexity index is 569. The molecule has 70 valence electrons. The summed E-state index contributed by atoms with van der Waals surface area (Å²) in [6.45, 7) is 0. The van der Waals surface area contributed by atoms with Crippen LogP contribution in [0.3, 0.4) is 0 Å². The predicted octanol–water partition coefficient (Wildman–Crippen LogP) is 2.07. The molecule has 6 heteroatoms. The van der Waals surface area contributed by atoms with E-state index in [-0.39, 0.29) is 0 Å². The van der Waals surface area contributed by atoms with Crippen LogP contribution in [0.5, 0.6) is 0 Å². The fourth-order valence-electron chi connectivity index (χ4n) is 1.41. The van der Waals surface area contributed by atoms with Gasteiger partial charge in [0.2, 0.25) is 0 Å². The molecule has 0 saturated carbocycles. The Kier molecular flexibility index (Phi) is 1.45. The molecule has 4 nitrogen and oxygen atoms in total. The van der Waals surface area contributed by atoms with E-state index in [1.165, 1.54) is 22.7 Å². The number of nitrogens with zero attached hydrogens (tertiary/aromatic N) is 2. The van der Waals surface area contributed by atoms with Gasteiger partial charge in [-0.05, 0) is 12.1 Å². The summed E-state index contributed by atoms with van der Waals surface area (Å²) in [5.41, 5.74) is 13.1. The third kappa shape index (κ3) is 0.978. The Morgan fingerprint density at radius 3 is 1.71 bits per heavy atom. The molecule has 0 bridgehead atoms. The Morgan fingerprint density at radius 2 is 1.29 bits per heavy atom. The van der Waals surface area contributed by atoms with E-state index in [0.717, 1.165) is 20.4 Å². The first-order valence-corrected chi connectivity index (χ1v) is 5.58. The van der Waals surface area contributed by atoms with E-state index < -0.39 is 0 Å². The highest BCUT2D eigenvalue weighted by molar-refractivity contribution is 7.29. The topological polar surface area (TPSA) is 77.8 Å². The van der Waals surface area contributed by atoms with Crippen molar-refractivity contribution in [1.82, 2.24) is 9.97 Å². The molecule has 0 unspecified atom stereocenters. The van der Waals surface area contributed by atoms with Gasteiger partial charge >= 0.3 is 0 Å². The molecule has 0 saturated heterocycles. The molecule has 1 aromatic carbocycles. The van der Waals surface area contributed by atoms with Crippen LogP contribution in [0.2, 0.25) is 0 Å². The van der Waals surface area contributed by atoms with Gasteiger partial charge < -0.3 is 11.5 Å². The van der Waals surface area contributed by atoms with Crippen molar-refractivity contribution in [3.63, 3.8) is 0 Å². The molecule has 0 aliphatic rings. The molecule has 0 aliphatic heterocycles. The van der Waals surface area contributed by atoms with Crippen molar-refractivity contribution in [3.8, 4) is 0 Å². The van der Waals surface area contributed by atoms with Crippen molar-refractivity contribution in [2.75, 3.05) is 11.5 Å². The molecule has 2 aromatic heterocycles. The van der Waals surface area contributed by atoms with E-state index in [0.29, 0.717) is 10.3 Å². The molecular formula is C8H6N4S2. The molecule has 2 heterocycles. The number of thiazole rings is 2. The third-order valence-corrected chi connectivity index (χ3v) is 3.91. The number of rotatable bonds is 0. The molecule has 3 rings (SSSR count). The summed E-state index contributed by atoms with van der Waals surface area (Å²) in [7, 11) is 0. The smallest absolute Gasteiger partial charge is 0.181 e. The Morgan fingerprint density at radius 1 is 0.857 bits per heavy atom. The number of benzene rings is 1. The highest BCUT2D eigenvalue weighted by Gasteiger charge is 2.09. The van der Waals surface area contributed by atoms with E-state index in [1.807, 2.05) is 12.1 Å². The molecular weight excluding hydrogens is 216 g/mol. The maximum absolute atomic E-state index is 5.65. The number of aromatic nitrogens is 2. The Hall–Kier alpha value is -1.40. The van der Waals surface area contributed by atoms with Crippen LogP contribution in [0.25, 0.3) is 20.4 Å². The molecule has 3 aromatic rings. The van der Waals surface area contributed by atoms with Crippen LogP contribution in [0, 0.1) is 0 Å². The highest BCUT2D eigenvalue weighted by Crippen LogP contribution is 2.35. The van der Waals surface area contributed by atoms with E-state index in [9.17, 15) is 0 Å². The van der Waals surface area contributed by atoms with Gasteiger partial charge in [0.1, 0.15) is 0 Å². The quantitative estimate of drug-likeness (QED) is 0.610. The Labute approximate surface area is 87.2 Å². The molecule has 0 radical (unpaired) electrons. The van der Waals surface area contributed by atoms with Gasteiger partial charge in [0.25, 0.3) is 0 Å². The molecule has 0 spiro atoms. The third-order valence-electron chi connectivity index (χ3n) is 1.95. The summed E-state index contributed by atoms with van der Waals surface area (Å²) in [6, 6.07) is 3.84. The van der Waals surface area contributed by atoms with Gasteiger partial charge in [-0.2, -0.15) is 0 Å². The molecule has 14 heavy (non-hydrogen) atoms. The van der Waals surface area contributed by atoms with Gasteiger partial charge in [-0.3, -0.25) is 0 Å². The molecule has 4 N–H and O–H groups in total.